The van der Waals surface area contributed by atoms with Crippen molar-refractivity contribution in [3.8, 4) is 11.5 Å². The predicted molar refractivity (Wildman–Crippen MR) is 99.8 cm³/mol. The van der Waals surface area contributed by atoms with Crippen LogP contribution in [0, 0.1) is 0 Å². The molecule has 1 amide bonds. The first-order valence-corrected chi connectivity index (χ1v) is 9.38. The van der Waals surface area contributed by atoms with Crippen molar-refractivity contribution in [3.63, 3.8) is 0 Å². The van der Waals surface area contributed by atoms with Crippen molar-refractivity contribution in [3.05, 3.63) is 45.6 Å². The van der Waals surface area contributed by atoms with E-state index in [-0.39, 0.29) is 5.91 Å². The van der Waals surface area contributed by atoms with Crippen LogP contribution in [0.5, 0.6) is 11.5 Å². The Morgan fingerprint density at radius 3 is 2.72 bits per heavy atom. The molecular formula is C19H24N2O3S. The van der Waals surface area contributed by atoms with Crippen molar-refractivity contribution in [2.24, 2.45) is 0 Å². The minimum absolute atomic E-state index is 0.0783. The highest BCUT2D eigenvalue weighted by Crippen LogP contribution is 2.34. The molecule has 1 N–H and O–H groups in total. The Bertz CT molecular complexity index is 716. The molecule has 2 aromatic rings. The van der Waals surface area contributed by atoms with Gasteiger partial charge in [-0.2, -0.15) is 0 Å². The number of methoxy groups -OCH3 is 2. The highest BCUT2D eigenvalue weighted by molar-refractivity contribution is 7.09. The second kappa shape index (κ2) is 8.36. The average Bonchev–Trinajstić information content (AvgIpc) is 3.25. The van der Waals surface area contributed by atoms with Gasteiger partial charge >= 0.3 is 0 Å². The van der Waals surface area contributed by atoms with Crippen molar-refractivity contribution >= 4 is 17.2 Å². The molecule has 1 aromatic heterocycles. The molecule has 0 unspecified atom stereocenters. The number of benzene rings is 1. The van der Waals surface area contributed by atoms with Gasteiger partial charge < -0.3 is 19.7 Å². The van der Waals surface area contributed by atoms with Gasteiger partial charge in [0.25, 0.3) is 5.91 Å². The number of hydrogen-bond donors (Lipinski definition) is 1. The van der Waals surface area contributed by atoms with Gasteiger partial charge in [0.2, 0.25) is 0 Å². The summed E-state index contributed by atoms with van der Waals surface area (Å²) in [5, 5.41) is 5.56. The summed E-state index contributed by atoms with van der Waals surface area (Å²) in [5.74, 6) is 1.35. The maximum atomic E-state index is 12.6. The van der Waals surface area contributed by atoms with Gasteiger partial charge in [0.05, 0.1) is 14.2 Å². The second-order valence-electron chi connectivity index (χ2n) is 6.02. The zero-order valence-electron chi connectivity index (χ0n) is 14.7. The zero-order chi connectivity index (χ0) is 17.6. The van der Waals surface area contributed by atoms with Crippen LogP contribution in [0.3, 0.4) is 0 Å². The predicted octanol–water partition coefficient (Wildman–Crippen LogP) is 2.94. The average molecular weight is 360 g/mol. The topological polar surface area (TPSA) is 50.8 Å². The highest BCUT2D eigenvalue weighted by atomic mass is 32.1. The monoisotopic (exact) mass is 360 g/mol. The molecule has 0 bridgehead atoms. The third-order valence-electron chi connectivity index (χ3n) is 4.40. The number of nitrogens with zero attached hydrogens (tertiary/aromatic N) is 1. The Kier molecular flexibility index (Phi) is 5.94. The summed E-state index contributed by atoms with van der Waals surface area (Å²) >= 11 is 1.79. The van der Waals surface area contributed by atoms with E-state index in [1.165, 1.54) is 4.88 Å². The summed E-state index contributed by atoms with van der Waals surface area (Å²) in [6, 6.07) is 7.94. The first kappa shape index (κ1) is 17.8. The Labute approximate surface area is 152 Å². The Hall–Kier alpha value is -2.05. The fraction of sp³-hybridized carbons (Fsp3) is 0.421. The highest BCUT2D eigenvalue weighted by Gasteiger charge is 2.28. The van der Waals surface area contributed by atoms with E-state index in [0.29, 0.717) is 18.0 Å². The zero-order valence-corrected chi connectivity index (χ0v) is 15.5. The van der Waals surface area contributed by atoms with E-state index in [0.717, 1.165) is 43.6 Å². The van der Waals surface area contributed by atoms with Gasteiger partial charge in [-0.15, -0.1) is 11.3 Å². The fourth-order valence-electron chi connectivity index (χ4n) is 3.07. The largest absolute Gasteiger partial charge is 0.493 e. The lowest BCUT2D eigenvalue weighted by molar-refractivity contribution is 0.0776. The minimum Gasteiger partial charge on any atom is -0.493 e. The molecule has 1 aliphatic rings. The molecule has 2 heterocycles. The molecular weight excluding hydrogens is 336 g/mol. The van der Waals surface area contributed by atoms with E-state index in [9.17, 15) is 4.79 Å². The van der Waals surface area contributed by atoms with Crippen LogP contribution >= 0.6 is 11.3 Å². The van der Waals surface area contributed by atoms with E-state index in [1.807, 2.05) is 11.0 Å². The molecule has 0 saturated carbocycles. The normalized spacial score (nSPS) is 13.2. The van der Waals surface area contributed by atoms with Gasteiger partial charge in [-0.05, 0) is 55.1 Å². The lowest BCUT2D eigenvalue weighted by Gasteiger charge is -2.15. The molecule has 0 fully saturated rings. The summed E-state index contributed by atoms with van der Waals surface area (Å²) in [4.78, 5) is 15.8. The van der Waals surface area contributed by atoms with E-state index in [1.54, 1.807) is 31.6 Å². The molecule has 0 saturated heterocycles. The first-order chi connectivity index (χ1) is 12.2. The van der Waals surface area contributed by atoms with Crippen LogP contribution in [0.2, 0.25) is 0 Å². The summed E-state index contributed by atoms with van der Waals surface area (Å²) < 4.78 is 10.6. The SMILES string of the molecule is COc1cc2c(cc1OC)C(=O)N(CCCNCCc1cccs1)C2. The van der Waals surface area contributed by atoms with E-state index < -0.39 is 0 Å². The fourth-order valence-corrected chi connectivity index (χ4v) is 3.77. The third-order valence-corrected chi connectivity index (χ3v) is 5.33. The van der Waals surface area contributed by atoms with Crippen LogP contribution in [0.4, 0.5) is 0 Å². The third kappa shape index (κ3) is 4.14. The number of hydrogen-bond acceptors (Lipinski definition) is 5. The quantitative estimate of drug-likeness (QED) is 0.699. The van der Waals surface area contributed by atoms with Gasteiger partial charge in [-0.3, -0.25) is 4.79 Å². The summed E-state index contributed by atoms with van der Waals surface area (Å²) in [6.45, 7) is 3.29. The molecule has 3 rings (SSSR count). The molecule has 6 heteroatoms. The number of amides is 1. The molecule has 0 aliphatic carbocycles. The Morgan fingerprint density at radius 1 is 1.20 bits per heavy atom. The Morgan fingerprint density at radius 2 is 2.00 bits per heavy atom. The number of carbonyl (C=O) groups excluding carboxylic acids is 1. The molecule has 25 heavy (non-hydrogen) atoms. The van der Waals surface area contributed by atoms with Gasteiger partial charge in [-0.25, -0.2) is 0 Å². The lowest BCUT2D eigenvalue weighted by Crippen LogP contribution is -2.28. The molecule has 1 aliphatic heterocycles. The van der Waals surface area contributed by atoms with Crippen LogP contribution in [0.1, 0.15) is 27.2 Å². The van der Waals surface area contributed by atoms with Crippen molar-refractivity contribution in [2.75, 3.05) is 33.9 Å². The Balaban J connectivity index is 1.45. The number of thiophene rings is 1. The maximum absolute atomic E-state index is 12.6. The summed E-state index contributed by atoms with van der Waals surface area (Å²) in [7, 11) is 3.20. The maximum Gasteiger partial charge on any atom is 0.254 e. The molecule has 0 radical (unpaired) electrons. The number of ether oxygens (including phenoxy) is 2. The molecule has 5 nitrogen and oxygen atoms in total. The summed E-state index contributed by atoms with van der Waals surface area (Å²) in [5.41, 5.74) is 1.73. The molecule has 134 valence electrons. The molecule has 1 aromatic carbocycles. The number of nitrogens with one attached hydrogen (secondary N) is 1. The molecule has 0 atom stereocenters. The number of fused-ring (bicyclic) bond motifs is 1. The first-order valence-electron chi connectivity index (χ1n) is 8.50. The van der Waals surface area contributed by atoms with Crippen LogP contribution in [0.25, 0.3) is 0 Å². The number of rotatable bonds is 9. The van der Waals surface area contributed by atoms with Crippen molar-refractivity contribution in [2.45, 2.75) is 19.4 Å². The van der Waals surface area contributed by atoms with Crippen LogP contribution in [0.15, 0.2) is 29.6 Å². The van der Waals surface area contributed by atoms with Crippen LogP contribution < -0.4 is 14.8 Å². The van der Waals surface area contributed by atoms with Crippen LogP contribution in [-0.4, -0.2) is 44.7 Å². The molecule has 0 spiro atoms. The lowest BCUT2D eigenvalue weighted by atomic mass is 10.1. The minimum atomic E-state index is 0.0783. The van der Waals surface area contributed by atoms with Gasteiger partial charge in [0.1, 0.15) is 0 Å². The summed E-state index contributed by atoms with van der Waals surface area (Å²) in [6.07, 6.45) is 2.00. The smallest absolute Gasteiger partial charge is 0.254 e. The van der Waals surface area contributed by atoms with Crippen molar-refractivity contribution < 1.29 is 14.3 Å². The van der Waals surface area contributed by atoms with E-state index in [2.05, 4.69) is 22.8 Å². The van der Waals surface area contributed by atoms with E-state index >= 15 is 0 Å². The van der Waals surface area contributed by atoms with Gasteiger partial charge in [0.15, 0.2) is 11.5 Å². The van der Waals surface area contributed by atoms with Gasteiger partial charge in [-0.1, -0.05) is 6.07 Å². The van der Waals surface area contributed by atoms with E-state index in [4.69, 9.17) is 9.47 Å². The van der Waals surface area contributed by atoms with Crippen LogP contribution in [-0.2, 0) is 13.0 Å². The van der Waals surface area contributed by atoms with Gasteiger partial charge in [0, 0.05) is 23.5 Å². The second-order valence-corrected chi connectivity index (χ2v) is 7.06. The standard InChI is InChI=1S/C19H24N2O3S/c1-23-17-11-14-13-21(19(22)16(14)12-18(17)24-2)9-4-7-20-8-6-15-5-3-10-25-15/h3,5,10-12,20H,4,6-9,13H2,1-2H3. The number of carbonyl (C=O) groups is 1. The van der Waals surface area contributed by atoms with Crippen molar-refractivity contribution in [1.29, 1.82) is 0 Å². The van der Waals surface area contributed by atoms with Crippen molar-refractivity contribution in [1.82, 2.24) is 10.2 Å².